The normalized spacial score (nSPS) is 13.2. The number of rotatable bonds is 4. The average Bonchev–Trinajstić information content (AvgIpc) is 3.10. The highest BCUT2D eigenvalue weighted by Gasteiger charge is 2.19. The van der Waals surface area contributed by atoms with E-state index in [-0.39, 0.29) is 5.92 Å². The van der Waals surface area contributed by atoms with Gasteiger partial charge in [-0.25, -0.2) is 0 Å². The van der Waals surface area contributed by atoms with Crippen LogP contribution in [-0.4, -0.2) is 14.8 Å². The van der Waals surface area contributed by atoms with Crippen molar-refractivity contribution in [3.05, 3.63) is 36.2 Å². The Morgan fingerprint density at radius 3 is 2.57 bits per heavy atom. The fraction of sp³-hybridized carbons (Fsp3) is 0.412. The van der Waals surface area contributed by atoms with Gasteiger partial charge in [-0.3, -0.25) is 0 Å². The molecule has 21 heavy (non-hydrogen) atoms. The van der Waals surface area contributed by atoms with Gasteiger partial charge in [-0.05, 0) is 25.5 Å². The number of para-hydroxylation sites is 1. The summed E-state index contributed by atoms with van der Waals surface area (Å²) in [6, 6.07) is 10.9. The summed E-state index contributed by atoms with van der Waals surface area (Å²) in [4.78, 5) is 0. The van der Waals surface area contributed by atoms with Crippen LogP contribution >= 0.6 is 0 Å². The molecule has 0 aliphatic carbocycles. The minimum absolute atomic E-state index is 0.243. The van der Waals surface area contributed by atoms with Gasteiger partial charge in [-0.1, -0.05) is 39.0 Å². The molecule has 2 aromatic heterocycles. The van der Waals surface area contributed by atoms with Crippen LogP contribution in [0.4, 0.5) is 0 Å². The van der Waals surface area contributed by atoms with Gasteiger partial charge in [-0.2, -0.15) is 0 Å². The summed E-state index contributed by atoms with van der Waals surface area (Å²) in [6.07, 6.45) is 1.05. The zero-order valence-electron chi connectivity index (χ0n) is 13.0. The summed E-state index contributed by atoms with van der Waals surface area (Å²) in [7, 11) is 0. The molecule has 0 amide bonds. The summed E-state index contributed by atoms with van der Waals surface area (Å²) in [6.45, 7) is 8.52. The molecule has 110 valence electrons. The molecule has 0 N–H and O–H groups in total. The highest BCUT2D eigenvalue weighted by molar-refractivity contribution is 5.85. The molecule has 0 saturated carbocycles. The molecule has 0 spiro atoms. The van der Waals surface area contributed by atoms with E-state index in [1.54, 1.807) is 0 Å². The first-order valence-corrected chi connectivity index (χ1v) is 7.55. The van der Waals surface area contributed by atoms with Crippen LogP contribution in [0.5, 0.6) is 0 Å². The highest BCUT2D eigenvalue weighted by atomic mass is 16.4. The fourth-order valence-electron chi connectivity index (χ4n) is 2.57. The Labute approximate surface area is 124 Å². The lowest BCUT2D eigenvalue weighted by Gasteiger charge is -2.15. The zero-order chi connectivity index (χ0) is 15.0. The third-order valence-corrected chi connectivity index (χ3v) is 3.93. The van der Waals surface area contributed by atoms with Gasteiger partial charge in [0.1, 0.15) is 5.69 Å². The number of hydrogen-bond donors (Lipinski definition) is 0. The van der Waals surface area contributed by atoms with Crippen LogP contribution in [0.25, 0.3) is 22.5 Å². The minimum atomic E-state index is 0.243. The lowest BCUT2D eigenvalue weighted by Crippen LogP contribution is -2.05. The molecule has 0 aliphatic heterocycles. The van der Waals surface area contributed by atoms with Gasteiger partial charge in [0, 0.05) is 22.9 Å². The topological polar surface area (TPSA) is 43.9 Å². The maximum absolute atomic E-state index is 5.85. The van der Waals surface area contributed by atoms with Gasteiger partial charge in [0.25, 0.3) is 5.89 Å². The van der Waals surface area contributed by atoms with Crippen molar-refractivity contribution in [1.29, 1.82) is 0 Å². The van der Waals surface area contributed by atoms with Crippen molar-refractivity contribution < 1.29 is 4.42 Å². The van der Waals surface area contributed by atoms with Gasteiger partial charge in [0.15, 0.2) is 0 Å². The molecule has 3 rings (SSSR count). The maximum atomic E-state index is 5.85. The van der Waals surface area contributed by atoms with E-state index in [1.807, 2.05) is 0 Å². The van der Waals surface area contributed by atoms with Crippen molar-refractivity contribution in [2.24, 2.45) is 0 Å². The SMILES string of the molecule is CCC(C)n1c(-c2nnc(C(C)C)o2)cc2ccccc21. The second-order valence-corrected chi connectivity index (χ2v) is 5.82. The van der Waals surface area contributed by atoms with E-state index >= 15 is 0 Å². The number of hydrogen-bond acceptors (Lipinski definition) is 3. The molecule has 3 aromatic rings. The van der Waals surface area contributed by atoms with Gasteiger partial charge < -0.3 is 8.98 Å². The Morgan fingerprint density at radius 2 is 1.90 bits per heavy atom. The third kappa shape index (κ3) is 2.35. The molecule has 0 aliphatic rings. The van der Waals surface area contributed by atoms with E-state index in [1.165, 1.54) is 10.9 Å². The van der Waals surface area contributed by atoms with Gasteiger partial charge in [-0.15, -0.1) is 10.2 Å². The van der Waals surface area contributed by atoms with E-state index < -0.39 is 0 Å². The standard InChI is InChI=1S/C17H21N3O/c1-5-12(4)20-14-9-7-6-8-13(14)10-15(20)17-19-18-16(21-17)11(2)3/h6-12H,5H2,1-4H3. The van der Waals surface area contributed by atoms with Crippen LogP contribution in [0.3, 0.4) is 0 Å². The monoisotopic (exact) mass is 283 g/mol. The van der Waals surface area contributed by atoms with Crippen LogP contribution < -0.4 is 0 Å². The first-order chi connectivity index (χ1) is 10.1. The first-order valence-electron chi connectivity index (χ1n) is 7.55. The summed E-state index contributed by atoms with van der Waals surface area (Å²) >= 11 is 0. The van der Waals surface area contributed by atoms with E-state index in [4.69, 9.17) is 4.42 Å². The van der Waals surface area contributed by atoms with Crippen molar-refractivity contribution in [3.8, 4) is 11.6 Å². The smallest absolute Gasteiger partial charge is 0.264 e. The average molecular weight is 283 g/mol. The molecule has 0 saturated heterocycles. The van der Waals surface area contributed by atoms with Crippen LogP contribution in [0.15, 0.2) is 34.7 Å². The molecule has 1 unspecified atom stereocenters. The lowest BCUT2D eigenvalue weighted by molar-refractivity contribution is 0.472. The Balaban J connectivity index is 2.20. The fourth-order valence-corrected chi connectivity index (χ4v) is 2.57. The summed E-state index contributed by atoms with van der Waals surface area (Å²) in [5.74, 6) is 1.54. The number of benzene rings is 1. The quantitative estimate of drug-likeness (QED) is 0.691. The predicted molar refractivity (Wildman–Crippen MR) is 84.3 cm³/mol. The van der Waals surface area contributed by atoms with Crippen molar-refractivity contribution >= 4 is 10.9 Å². The van der Waals surface area contributed by atoms with E-state index in [0.717, 1.165) is 12.1 Å². The third-order valence-electron chi connectivity index (χ3n) is 3.93. The lowest BCUT2D eigenvalue weighted by atomic mass is 10.2. The molecule has 4 heteroatoms. The Hall–Kier alpha value is -2.10. The Morgan fingerprint density at radius 1 is 1.14 bits per heavy atom. The van der Waals surface area contributed by atoms with Crippen LogP contribution in [0, 0.1) is 0 Å². The van der Waals surface area contributed by atoms with E-state index in [2.05, 4.69) is 72.8 Å². The van der Waals surface area contributed by atoms with Crippen LogP contribution in [0.1, 0.15) is 52.0 Å². The predicted octanol–water partition coefficient (Wildman–Crippen LogP) is 4.79. The number of nitrogens with zero attached hydrogens (tertiary/aromatic N) is 3. The summed E-state index contributed by atoms with van der Waals surface area (Å²) in [5.41, 5.74) is 2.22. The first kappa shape index (κ1) is 13.9. The second-order valence-electron chi connectivity index (χ2n) is 5.82. The Kier molecular flexibility index (Phi) is 3.53. The molecule has 1 atom stereocenters. The van der Waals surface area contributed by atoms with Gasteiger partial charge in [0.2, 0.25) is 5.89 Å². The molecule has 2 heterocycles. The zero-order valence-corrected chi connectivity index (χ0v) is 13.0. The van der Waals surface area contributed by atoms with Crippen LogP contribution in [-0.2, 0) is 0 Å². The molecule has 1 aromatic carbocycles. The molecule has 4 nitrogen and oxygen atoms in total. The number of aromatic nitrogens is 3. The van der Waals surface area contributed by atoms with Gasteiger partial charge in [0.05, 0.1) is 0 Å². The minimum Gasteiger partial charge on any atom is -0.419 e. The summed E-state index contributed by atoms with van der Waals surface area (Å²) < 4.78 is 8.15. The van der Waals surface area contributed by atoms with Crippen molar-refractivity contribution in [1.82, 2.24) is 14.8 Å². The van der Waals surface area contributed by atoms with Crippen molar-refractivity contribution in [3.63, 3.8) is 0 Å². The highest BCUT2D eigenvalue weighted by Crippen LogP contribution is 2.32. The number of fused-ring (bicyclic) bond motifs is 1. The van der Waals surface area contributed by atoms with Crippen molar-refractivity contribution in [2.45, 2.75) is 46.1 Å². The Bertz CT molecular complexity index is 754. The molecule has 0 radical (unpaired) electrons. The second kappa shape index (κ2) is 5.35. The van der Waals surface area contributed by atoms with E-state index in [9.17, 15) is 0 Å². The summed E-state index contributed by atoms with van der Waals surface area (Å²) in [5, 5.41) is 9.61. The van der Waals surface area contributed by atoms with Gasteiger partial charge >= 0.3 is 0 Å². The van der Waals surface area contributed by atoms with Crippen molar-refractivity contribution in [2.75, 3.05) is 0 Å². The molecule has 0 fully saturated rings. The van der Waals surface area contributed by atoms with Crippen LogP contribution in [0.2, 0.25) is 0 Å². The molecule has 0 bridgehead atoms. The largest absolute Gasteiger partial charge is 0.419 e. The molecular formula is C17H21N3O. The maximum Gasteiger partial charge on any atom is 0.264 e. The molecular weight excluding hydrogens is 262 g/mol. The van der Waals surface area contributed by atoms with E-state index in [0.29, 0.717) is 17.8 Å².